The van der Waals surface area contributed by atoms with E-state index in [0.717, 1.165) is 56.6 Å². The number of nitrogens with zero attached hydrogens (tertiary/aromatic N) is 5. The highest BCUT2D eigenvalue weighted by molar-refractivity contribution is 7.91. The van der Waals surface area contributed by atoms with Crippen LogP contribution in [0, 0.1) is 12.8 Å². The molecule has 0 unspecified atom stereocenters. The zero-order chi connectivity index (χ0) is 29.8. The number of hydrogen-bond acceptors (Lipinski definition) is 9. The maximum absolute atomic E-state index is 13.2. The van der Waals surface area contributed by atoms with Crippen molar-refractivity contribution in [3.63, 3.8) is 0 Å². The molecule has 0 bridgehead atoms. The van der Waals surface area contributed by atoms with E-state index in [1.54, 1.807) is 10.9 Å². The van der Waals surface area contributed by atoms with Gasteiger partial charge < -0.3 is 20.3 Å². The molecule has 1 saturated heterocycles. The van der Waals surface area contributed by atoms with E-state index in [4.69, 9.17) is 16.3 Å². The molecule has 0 spiro atoms. The number of nitrogens with one attached hydrogen (secondary N) is 2. The standard InChI is InChI=1S/C30H40ClN7O3S/c1-17(2)16-42(39,40)29-25(15-38(36-29)21-6-7-21)33-28-23(31)14-32-30(35-28)34-24-12-18(3)26(20-8-10-37(5)11-9-20)22-13-19(4)41-27(22)24/h12,14-15,17,19-21H,6-11,13,16H2,1-5H3,(H2,32,33,34,35)/t19-/m1/s1. The van der Waals surface area contributed by atoms with Crippen molar-refractivity contribution in [1.29, 1.82) is 0 Å². The number of anilines is 4. The van der Waals surface area contributed by atoms with Crippen LogP contribution in [0.3, 0.4) is 0 Å². The van der Waals surface area contributed by atoms with Gasteiger partial charge in [0.15, 0.2) is 15.7 Å². The number of hydrogen-bond donors (Lipinski definition) is 2. The smallest absolute Gasteiger partial charge is 0.229 e. The number of ether oxygens (including phenoxy) is 1. The molecule has 42 heavy (non-hydrogen) atoms. The molecule has 0 radical (unpaired) electrons. The van der Waals surface area contributed by atoms with E-state index >= 15 is 0 Å². The predicted molar refractivity (Wildman–Crippen MR) is 165 cm³/mol. The lowest BCUT2D eigenvalue weighted by molar-refractivity contribution is 0.254. The minimum Gasteiger partial charge on any atom is -0.488 e. The van der Waals surface area contributed by atoms with Gasteiger partial charge in [-0.15, -0.1) is 0 Å². The number of rotatable bonds is 9. The van der Waals surface area contributed by atoms with Crippen LogP contribution in [0.1, 0.15) is 75.1 Å². The highest BCUT2D eigenvalue weighted by Gasteiger charge is 2.33. The lowest BCUT2D eigenvalue weighted by Gasteiger charge is -2.31. The lowest BCUT2D eigenvalue weighted by atomic mass is 9.82. The van der Waals surface area contributed by atoms with E-state index < -0.39 is 9.84 Å². The molecule has 3 aliphatic rings. The van der Waals surface area contributed by atoms with E-state index in [0.29, 0.717) is 23.4 Å². The van der Waals surface area contributed by atoms with Crippen LogP contribution in [-0.2, 0) is 16.3 Å². The SMILES string of the molecule is Cc1cc(Nc2ncc(Cl)c(Nc3cn(C4CC4)nc3S(=O)(=O)CC(C)C)n2)c2c(c1C1CCN(C)CC1)C[C@@H](C)O2. The van der Waals surface area contributed by atoms with E-state index in [2.05, 4.69) is 57.6 Å². The summed E-state index contributed by atoms with van der Waals surface area (Å²) in [4.78, 5) is 11.5. The quantitative estimate of drug-likeness (QED) is 0.299. The van der Waals surface area contributed by atoms with Gasteiger partial charge in [0.05, 0.1) is 35.6 Å². The second kappa shape index (κ2) is 11.3. The topological polar surface area (TPSA) is 114 Å². The van der Waals surface area contributed by atoms with Crippen LogP contribution < -0.4 is 15.4 Å². The van der Waals surface area contributed by atoms with Crippen molar-refractivity contribution in [3.8, 4) is 5.75 Å². The van der Waals surface area contributed by atoms with Crippen LogP contribution in [0.25, 0.3) is 0 Å². The van der Waals surface area contributed by atoms with Crippen molar-refractivity contribution < 1.29 is 13.2 Å². The van der Waals surface area contributed by atoms with Crippen LogP contribution in [0.15, 0.2) is 23.5 Å². The molecule has 2 aromatic heterocycles. The van der Waals surface area contributed by atoms with E-state index in [-0.39, 0.29) is 33.9 Å². The Kier molecular flexibility index (Phi) is 7.86. The highest BCUT2D eigenvalue weighted by atomic mass is 35.5. The molecule has 2 fully saturated rings. The second-order valence-electron chi connectivity index (χ2n) is 12.5. The van der Waals surface area contributed by atoms with Crippen molar-refractivity contribution in [2.75, 3.05) is 36.5 Å². The number of sulfone groups is 1. The van der Waals surface area contributed by atoms with Crippen LogP contribution in [-0.4, -0.2) is 65.1 Å². The highest BCUT2D eigenvalue weighted by Crippen LogP contribution is 2.46. The second-order valence-corrected chi connectivity index (χ2v) is 14.9. The van der Waals surface area contributed by atoms with Gasteiger partial charge in [0.25, 0.3) is 0 Å². The Balaban J connectivity index is 1.30. The zero-order valence-electron chi connectivity index (χ0n) is 24.9. The van der Waals surface area contributed by atoms with Crippen molar-refractivity contribution in [1.82, 2.24) is 24.6 Å². The molecular weight excluding hydrogens is 574 g/mol. The minimum absolute atomic E-state index is 0.00408. The fourth-order valence-corrected chi connectivity index (χ4v) is 8.04. The van der Waals surface area contributed by atoms with Crippen molar-refractivity contribution >= 4 is 44.6 Å². The average molecular weight is 614 g/mol. The molecule has 1 aromatic carbocycles. The fraction of sp³-hybridized carbons (Fsp3) is 0.567. The van der Waals surface area contributed by atoms with Crippen LogP contribution in [0.4, 0.5) is 23.1 Å². The van der Waals surface area contributed by atoms with Gasteiger partial charge in [-0.2, -0.15) is 10.1 Å². The number of aromatic nitrogens is 4. The van der Waals surface area contributed by atoms with Gasteiger partial charge >= 0.3 is 0 Å². The van der Waals surface area contributed by atoms with Crippen LogP contribution >= 0.6 is 11.6 Å². The normalized spacial score (nSPS) is 19.6. The number of halogens is 1. The molecule has 12 heteroatoms. The molecule has 2 N–H and O–H groups in total. The first-order valence-electron chi connectivity index (χ1n) is 14.9. The van der Waals surface area contributed by atoms with E-state index in [1.807, 2.05) is 13.8 Å². The monoisotopic (exact) mass is 613 g/mol. The minimum atomic E-state index is -3.62. The fourth-order valence-electron chi connectivity index (χ4n) is 6.21. The Labute approximate surface area is 253 Å². The Morgan fingerprint density at radius 1 is 1.14 bits per heavy atom. The summed E-state index contributed by atoms with van der Waals surface area (Å²) in [6.45, 7) is 10.2. The maximum atomic E-state index is 13.2. The van der Waals surface area contributed by atoms with Gasteiger partial charge in [0.2, 0.25) is 11.0 Å². The first kappa shape index (κ1) is 29.2. The summed E-state index contributed by atoms with van der Waals surface area (Å²) in [5, 5.41) is 11.3. The van der Waals surface area contributed by atoms with Crippen LogP contribution in [0.2, 0.25) is 5.02 Å². The zero-order valence-corrected chi connectivity index (χ0v) is 26.5. The average Bonchev–Trinajstić information content (AvgIpc) is 3.56. The molecule has 3 aromatic rings. The Bertz CT molecular complexity index is 1590. The van der Waals surface area contributed by atoms with Gasteiger partial charge in [-0.05, 0) is 88.7 Å². The van der Waals surface area contributed by atoms with Gasteiger partial charge in [-0.1, -0.05) is 25.4 Å². The third kappa shape index (κ3) is 5.96. The molecule has 2 aliphatic heterocycles. The molecule has 4 heterocycles. The number of piperidine rings is 1. The molecule has 1 aliphatic carbocycles. The predicted octanol–water partition coefficient (Wildman–Crippen LogP) is 6.02. The molecule has 6 rings (SSSR count). The molecule has 1 saturated carbocycles. The van der Waals surface area contributed by atoms with Crippen molar-refractivity contribution in [2.45, 2.75) is 82.9 Å². The van der Waals surface area contributed by atoms with Crippen molar-refractivity contribution in [3.05, 3.63) is 40.2 Å². The number of fused-ring (bicyclic) bond motifs is 1. The first-order chi connectivity index (χ1) is 20.0. The maximum Gasteiger partial charge on any atom is 0.229 e. The number of benzene rings is 1. The molecule has 226 valence electrons. The third-order valence-corrected chi connectivity index (χ3v) is 10.5. The summed E-state index contributed by atoms with van der Waals surface area (Å²) in [7, 11) is -1.43. The Morgan fingerprint density at radius 2 is 1.88 bits per heavy atom. The molecule has 1 atom stereocenters. The largest absolute Gasteiger partial charge is 0.488 e. The summed E-state index contributed by atoms with van der Waals surface area (Å²) in [5.74, 6) is 2.00. The molecular formula is C30H40ClN7O3S. The van der Waals surface area contributed by atoms with Crippen LogP contribution in [0.5, 0.6) is 5.75 Å². The Morgan fingerprint density at radius 3 is 2.57 bits per heavy atom. The van der Waals surface area contributed by atoms with Gasteiger partial charge in [-0.25, -0.2) is 13.4 Å². The third-order valence-electron chi connectivity index (χ3n) is 8.28. The molecule has 0 amide bonds. The summed E-state index contributed by atoms with van der Waals surface area (Å²) in [6, 6.07) is 2.35. The summed E-state index contributed by atoms with van der Waals surface area (Å²) in [6.07, 6.45) is 8.46. The van der Waals surface area contributed by atoms with E-state index in [1.165, 1.54) is 22.9 Å². The number of likely N-dealkylation sites (tertiary alicyclic amines) is 1. The first-order valence-corrected chi connectivity index (χ1v) is 16.9. The summed E-state index contributed by atoms with van der Waals surface area (Å²) >= 11 is 6.52. The molecule has 10 nitrogen and oxygen atoms in total. The number of aryl methyl sites for hydroxylation is 1. The lowest BCUT2D eigenvalue weighted by Crippen LogP contribution is -2.29. The summed E-state index contributed by atoms with van der Waals surface area (Å²) < 4.78 is 34.5. The van der Waals surface area contributed by atoms with Gasteiger partial charge in [-0.3, -0.25) is 4.68 Å². The Hall–Kier alpha value is -2.89. The summed E-state index contributed by atoms with van der Waals surface area (Å²) in [5.41, 5.74) is 5.13. The van der Waals surface area contributed by atoms with Gasteiger partial charge in [0, 0.05) is 12.0 Å². The van der Waals surface area contributed by atoms with Gasteiger partial charge in [0.1, 0.15) is 16.9 Å². The van der Waals surface area contributed by atoms with Crippen molar-refractivity contribution in [2.24, 2.45) is 5.92 Å². The van der Waals surface area contributed by atoms with E-state index in [9.17, 15) is 8.42 Å².